The third kappa shape index (κ3) is 8.06. The third-order valence-electron chi connectivity index (χ3n) is 4.58. The maximum atomic E-state index is 13.6. The molecule has 0 bridgehead atoms. The summed E-state index contributed by atoms with van der Waals surface area (Å²) in [6.07, 6.45) is 2.92. The van der Waals surface area contributed by atoms with Crippen molar-refractivity contribution in [3.8, 4) is 0 Å². The Morgan fingerprint density at radius 3 is 2.68 bits per heavy atom. The normalized spacial score (nSPS) is 16.0. The van der Waals surface area contributed by atoms with Crippen LogP contribution in [-0.4, -0.2) is 68.3 Å². The second-order valence-electron chi connectivity index (χ2n) is 6.82. The first-order valence-electron chi connectivity index (χ1n) is 9.96. The lowest BCUT2D eigenvalue weighted by atomic mass is 10.1. The van der Waals surface area contributed by atoms with Crippen LogP contribution in [0.2, 0.25) is 0 Å². The Balaban J connectivity index is 1.63. The van der Waals surface area contributed by atoms with Crippen molar-refractivity contribution in [2.24, 2.45) is 4.99 Å². The molecule has 1 aromatic carbocycles. The van der Waals surface area contributed by atoms with Crippen LogP contribution < -0.4 is 16.0 Å². The van der Waals surface area contributed by atoms with Crippen molar-refractivity contribution in [1.82, 2.24) is 20.9 Å². The highest BCUT2D eigenvalue weighted by molar-refractivity contribution is 7.99. The van der Waals surface area contributed by atoms with Crippen molar-refractivity contribution >= 4 is 23.6 Å². The van der Waals surface area contributed by atoms with E-state index in [0.717, 1.165) is 50.6 Å². The van der Waals surface area contributed by atoms with Crippen LogP contribution in [0, 0.1) is 5.82 Å². The van der Waals surface area contributed by atoms with Gasteiger partial charge in [0.1, 0.15) is 5.82 Å². The number of rotatable bonds is 9. The summed E-state index contributed by atoms with van der Waals surface area (Å²) in [5.74, 6) is 1.46. The molecule has 1 aromatic rings. The van der Waals surface area contributed by atoms with Gasteiger partial charge in [0.05, 0.1) is 6.54 Å². The first-order valence-corrected chi connectivity index (χ1v) is 10.9. The van der Waals surface area contributed by atoms with Crippen LogP contribution in [-0.2, 0) is 4.79 Å². The van der Waals surface area contributed by atoms with Crippen LogP contribution in [0.5, 0.6) is 0 Å². The molecule has 1 saturated heterocycles. The Morgan fingerprint density at radius 2 is 2.00 bits per heavy atom. The van der Waals surface area contributed by atoms with Crippen molar-refractivity contribution in [2.45, 2.75) is 37.1 Å². The number of hydrogen-bond acceptors (Lipinski definition) is 4. The van der Waals surface area contributed by atoms with Crippen LogP contribution in [0.3, 0.4) is 0 Å². The molecule has 8 heteroatoms. The van der Waals surface area contributed by atoms with Crippen LogP contribution in [0.25, 0.3) is 0 Å². The number of carbonyl (C=O) groups excluding carboxylic acids is 1. The number of guanidine groups is 1. The Hall–Kier alpha value is -1.80. The van der Waals surface area contributed by atoms with Gasteiger partial charge in [-0.3, -0.25) is 14.7 Å². The molecule has 0 unspecified atom stereocenters. The van der Waals surface area contributed by atoms with E-state index in [1.807, 2.05) is 6.07 Å². The summed E-state index contributed by atoms with van der Waals surface area (Å²) in [5.41, 5.74) is 0. The van der Waals surface area contributed by atoms with Crippen molar-refractivity contribution in [2.75, 3.05) is 45.5 Å². The fourth-order valence-electron chi connectivity index (χ4n) is 3.04. The number of halogens is 1. The molecule has 28 heavy (non-hydrogen) atoms. The minimum Gasteiger partial charge on any atom is -0.356 e. The van der Waals surface area contributed by atoms with E-state index in [-0.39, 0.29) is 11.7 Å². The number of amides is 1. The van der Waals surface area contributed by atoms with E-state index in [2.05, 4.69) is 32.8 Å². The van der Waals surface area contributed by atoms with Gasteiger partial charge in [-0.05, 0) is 31.4 Å². The molecular formula is C20H32FN5OS. The highest BCUT2D eigenvalue weighted by Crippen LogP contribution is 2.20. The van der Waals surface area contributed by atoms with Gasteiger partial charge >= 0.3 is 0 Å². The fourth-order valence-corrected chi connectivity index (χ4v) is 3.84. The predicted octanol–water partition coefficient (Wildman–Crippen LogP) is 2.07. The molecule has 3 N–H and O–H groups in total. The first kappa shape index (κ1) is 22.5. The molecule has 0 radical (unpaired) electrons. The zero-order chi connectivity index (χ0) is 20.2. The number of thioether (sulfide) groups is 1. The number of likely N-dealkylation sites (tertiary alicyclic amines) is 1. The topological polar surface area (TPSA) is 68.8 Å². The molecule has 1 amide bonds. The fraction of sp³-hybridized carbons (Fsp3) is 0.600. The van der Waals surface area contributed by atoms with Crippen LogP contribution >= 0.6 is 11.8 Å². The second-order valence-corrected chi connectivity index (χ2v) is 7.96. The Bertz CT molecular complexity index is 635. The lowest BCUT2D eigenvalue weighted by molar-refractivity contribution is -0.122. The summed E-state index contributed by atoms with van der Waals surface area (Å²) in [7, 11) is 1.76. The molecule has 1 aliphatic rings. The Labute approximate surface area is 171 Å². The van der Waals surface area contributed by atoms with E-state index in [0.29, 0.717) is 24.0 Å². The van der Waals surface area contributed by atoms with E-state index in [4.69, 9.17) is 0 Å². The summed E-state index contributed by atoms with van der Waals surface area (Å²) in [6.45, 7) is 5.78. The summed E-state index contributed by atoms with van der Waals surface area (Å²) < 4.78 is 13.6. The van der Waals surface area contributed by atoms with Gasteiger partial charge in [-0.2, -0.15) is 0 Å². The van der Waals surface area contributed by atoms with E-state index in [1.54, 1.807) is 19.2 Å². The SMILES string of the molecule is CCCNC(=O)CN1CCC(NC(=NC)NCCSc2ccccc2F)CC1. The van der Waals surface area contributed by atoms with Crippen LogP contribution in [0.1, 0.15) is 26.2 Å². The predicted molar refractivity (Wildman–Crippen MR) is 114 cm³/mol. The van der Waals surface area contributed by atoms with Crippen LogP contribution in [0.15, 0.2) is 34.2 Å². The molecule has 1 heterocycles. The average molecular weight is 410 g/mol. The molecule has 0 aliphatic carbocycles. The molecule has 1 fully saturated rings. The van der Waals surface area contributed by atoms with E-state index in [1.165, 1.54) is 17.8 Å². The summed E-state index contributed by atoms with van der Waals surface area (Å²) in [6, 6.07) is 7.17. The summed E-state index contributed by atoms with van der Waals surface area (Å²) in [4.78, 5) is 19.0. The molecule has 1 aliphatic heterocycles. The highest BCUT2D eigenvalue weighted by Gasteiger charge is 2.21. The lowest BCUT2D eigenvalue weighted by Crippen LogP contribution is -2.50. The maximum absolute atomic E-state index is 13.6. The number of nitrogens with zero attached hydrogens (tertiary/aromatic N) is 2. The number of nitrogens with one attached hydrogen (secondary N) is 3. The number of carbonyl (C=O) groups is 1. The van der Waals surface area contributed by atoms with Gasteiger partial charge in [-0.25, -0.2) is 4.39 Å². The molecule has 0 atom stereocenters. The molecular weight excluding hydrogens is 377 g/mol. The van der Waals surface area contributed by atoms with Gasteiger partial charge in [0.15, 0.2) is 5.96 Å². The number of hydrogen-bond donors (Lipinski definition) is 3. The van der Waals surface area contributed by atoms with Crippen LogP contribution in [0.4, 0.5) is 4.39 Å². The monoisotopic (exact) mass is 409 g/mol. The Kier molecular flexibility index (Phi) is 10.1. The summed E-state index contributed by atoms with van der Waals surface area (Å²) >= 11 is 1.49. The smallest absolute Gasteiger partial charge is 0.234 e. The average Bonchev–Trinajstić information content (AvgIpc) is 2.71. The van der Waals surface area contributed by atoms with E-state index >= 15 is 0 Å². The number of aliphatic imine (C=N–C) groups is 1. The van der Waals surface area contributed by atoms with Gasteiger partial charge < -0.3 is 16.0 Å². The molecule has 0 spiro atoms. The van der Waals surface area contributed by atoms with Crippen molar-refractivity contribution < 1.29 is 9.18 Å². The highest BCUT2D eigenvalue weighted by atomic mass is 32.2. The maximum Gasteiger partial charge on any atom is 0.234 e. The number of benzene rings is 1. The summed E-state index contributed by atoms with van der Waals surface area (Å²) in [5, 5.41) is 9.67. The third-order valence-corrected chi connectivity index (χ3v) is 5.63. The molecule has 156 valence electrons. The van der Waals surface area contributed by atoms with Crippen molar-refractivity contribution in [3.63, 3.8) is 0 Å². The van der Waals surface area contributed by atoms with E-state index < -0.39 is 0 Å². The Morgan fingerprint density at radius 1 is 1.25 bits per heavy atom. The standard InChI is InChI=1S/C20H32FN5OS/c1-3-10-23-19(27)15-26-12-8-16(9-13-26)25-20(22-2)24-11-14-28-18-7-5-4-6-17(18)21/h4-7,16H,3,8-15H2,1-2H3,(H,23,27)(H2,22,24,25). The van der Waals surface area contributed by atoms with Gasteiger partial charge in [-0.15, -0.1) is 11.8 Å². The number of piperidine rings is 1. The largest absolute Gasteiger partial charge is 0.356 e. The quantitative estimate of drug-likeness (QED) is 0.252. The molecule has 0 saturated carbocycles. The van der Waals surface area contributed by atoms with E-state index in [9.17, 15) is 9.18 Å². The first-order chi connectivity index (χ1) is 13.6. The second kappa shape index (κ2) is 12.6. The van der Waals surface area contributed by atoms with Gasteiger partial charge in [0.2, 0.25) is 5.91 Å². The molecule has 2 rings (SSSR count). The minimum absolute atomic E-state index is 0.109. The molecule has 6 nitrogen and oxygen atoms in total. The van der Waals surface area contributed by atoms with Crippen molar-refractivity contribution in [1.29, 1.82) is 0 Å². The van der Waals surface area contributed by atoms with Gasteiger partial charge in [-0.1, -0.05) is 19.1 Å². The van der Waals surface area contributed by atoms with Crippen molar-refractivity contribution in [3.05, 3.63) is 30.1 Å². The zero-order valence-corrected chi connectivity index (χ0v) is 17.7. The molecule has 0 aromatic heterocycles. The minimum atomic E-state index is -0.176. The zero-order valence-electron chi connectivity index (χ0n) is 16.8. The van der Waals surface area contributed by atoms with Gasteiger partial charge in [0, 0.05) is 49.9 Å². The van der Waals surface area contributed by atoms with Gasteiger partial charge in [0.25, 0.3) is 0 Å². The lowest BCUT2D eigenvalue weighted by Gasteiger charge is -2.32.